The third-order valence-electron chi connectivity index (χ3n) is 4.98. The van der Waals surface area contributed by atoms with Gasteiger partial charge in [-0.1, -0.05) is 30.3 Å². The van der Waals surface area contributed by atoms with Gasteiger partial charge in [-0.2, -0.15) is 0 Å². The van der Waals surface area contributed by atoms with Crippen molar-refractivity contribution in [1.29, 1.82) is 0 Å². The normalized spacial score (nSPS) is 16.4. The van der Waals surface area contributed by atoms with E-state index in [0.717, 1.165) is 37.5 Å². The Hall–Kier alpha value is -2.37. The Balaban J connectivity index is 1.81. The number of hydrogen-bond acceptors (Lipinski definition) is 5. The number of nitrogens with one attached hydrogen (secondary N) is 1. The van der Waals surface area contributed by atoms with Crippen LogP contribution in [0.5, 0.6) is 11.5 Å². The quantitative estimate of drug-likeness (QED) is 0.758. The van der Waals surface area contributed by atoms with Crippen molar-refractivity contribution in [1.82, 2.24) is 10.2 Å². The van der Waals surface area contributed by atoms with E-state index in [-0.39, 0.29) is 11.8 Å². The summed E-state index contributed by atoms with van der Waals surface area (Å²) in [4.78, 5) is 15.9. The zero-order chi connectivity index (χ0) is 20.0. The molecule has 28 heavy (non-hydrogen) atoms. The standard InChI is InChI=1S/C23H30N2O3/c1-4-27-19-10-12-20(13-11-19)28-23(2,3)22(26)21(18-8-6-5-7-9-18)25-16-14-24-15-17-25/h5-13,21,24H,4,14-17H2,1-3H3. The minimum absolute atomic E-state index is 0.0643. The maximum Gasteiger partial charge on any atom is 0.197 e. The van der Waals surface area contributed by atoms with Crippen LogP contribution in [0.4, 0.5) is 0 Å². The first kappa shape index (κ1) is 20.4. The molecule has 0 saturated carbocycles. The maximum absolute atomic E-state index is 13.6. The predicted molar refractivity (Wildman–Crippen MR) is 111 cm³/mol. The summed E-state index contributed by atoms with van der Waals surface area (Å²) in [5, 5.41) is 3.36. The summed E-state index contributed by atoms with van der Waals surface area (Å²) in [5.41, 5.74) is 0.0520. The van der Waals surface area contributed by atoms with E-state index >= 15 is 0 Å². The first-order valence-corrected chi connectivity index (χ1v) is 9.97. The second-order valence-electron chi connectivity index (χ2n) is 7.48. The molecule has 1 atom stereocenters. The smallest absolute Gasteiger partial charge is 0.197 e. The van der Waals surface area contributed by atoms with Gasteiger partial charge in [-0.15, -0.1) is 0 Å². The fourth-order valence-corrected chi connectivity index (χ4v) is 3.55. The summed E-state index contributed by atoms with van der Waals surface area (Å²) in [5.74, 6) is 1.52. The molecule has 0 radical (unpaired) electrons. The van der Waals surface area contributed by atoms with Crippen molar-refractivity contribution in [2.24, 2.45) is 0 Å². The number of ketones is 1. The van der Waals surface area contributed by atoms with Crippen LogP contribution in [-0.4, -0.2) is 49.1 Å². The van der Waals surface area contributed by atoms with Gasteiger partial charge in [0.2, 0.25) is 0 Å². The summed E-state index contributed by atoms with van der Waals surface area (Å²) in [6.45, 7) is 9.72. The fraction of sp³-hybridized carbons (Fsp3) is 0.435. The molecule has 150 valence electrons. The average molecular weight is 383 g/mol. The summed E-state index contributed by atoms with van der Waals surface area (Å²) in [6.07, 6.45) is 0. The lowest BCUT2D eigenvalue weighted by molar-refractivity contribution is -0.138. The second-order valence-corrected chi connectivity index (χ2v) is 7.48. The second kappa shape index (κ2) is 9.22. The van der Waals surface area contributed by atoms with Crippen molar-refractivity contribution in [3.8, 4) is 11.5 Å². The van der Waals surface area contributed by atoms with Crippen molar-refractivity contribution < 1.29 is 14.3 Å². The van der Waals surface area contributed by atoms with Crippen LogP contribution in [-0.2, 0) is 4.79 Å². The van der Waals surface area contributed by atoms with Crippen molar-refractivity contribution in [2.75, 3.05) is 32.8 Å². The zero-order valence-electron chi connectivity index (χ0n) is 17.0. The Morgan fingerprint density at radius 1 is 1.04 bits per heavy atom. The largest absolute Gasteiger partial charge is 0.494 e. The van der Waals surface area contributed by atoms with Crippen LogP contribution < -0.4 is 14.8 Å². The van der Waals surface area contributed by atoms with Crippen molar-refractivity contribution >= 4 is 5.78 Å². The van der Waals surface area contributed by atoms with Gasteiger partial charge in [0.05, 0.1) is 12.6 Å². The third-order valence-corrected chi connectivity index (χ3v) is 4.98. The van der Waals surface area contributed by atoms with Gasteiger partial charge in [-0.05, 0) is 50.6 Å². The van der Waals surface area contributed by atoms with Crippen LogP contribution in [0.15, 0.2) is 54.6 Å². The maximum atomic E-state index is 13.6. The summed E-state index contributed by atoms with van der Waals surface area (Å²) < 4.78 is 11.6. The molecule has 1 heterocycles. The van der Waals surface area contributed by atoms with E-state index in [0.29, 0.717) is 12.4 Å². The molecule has 0 spiro atoms. The molecular formula is C23H30N2O3. The Morgan fingerprint density at radius 2 is 1.64 bits per heavy atom. The zero-order valence-corrected chi connectivity index (χ0v) is 17.0. The fourth-order valence-electron chi connectivity index (χ4n) is 3.55. The van der Waals surface area contributed by atoms with Crippen molar-refractivity contribution in [3.05, 3.63) is 60.2 Å². The average Bonchev–Trinajstić information content (AvgIpc) is 2.71. The van der Waals surface area contributed by atoms with Crippen LogP contribution in [0.2, 0.25) is 0 Å². The van der Waals surface area contributed by atoms with Crippen molar-refractivity contribution in [3.63, 3.8) is 0 Å². The van der Waals surface area contributed by atoms with E-state index in [1.165, 1.54) is 0 Å². The molecule has 1 N–H and O–H groups in total. The first-order chi connectivity index (χ1) is 13.5. The van der Waals surface area contributed by atoms with Gasteiger partial charge in [-0.3, -0.25) is 9.69 Å². The Morgan fingerprint density at radius 3 is 2.25 bits per heavy atom. The van der Waals surface area contributed by atoms with Crippen LogP contribution in [0.25, 0.3) is 0 Å². The Labute approximate surface area is 167 Å². The van der Waals surface area contributed by atoms with E-state index in [4.69, 9.17) is 9.47 Å². The Bertz CT molecular complexity index is 753. The van der Waals surface area contributed by atoms with Crippen LogP contribution in [0, 0.1) is 0 Å². The SMILES string of the molecule is CCOc1ccc(OC(C)(C)C(=O)C(c2ccccc2)N2CCNCC2)cc1. The van der Waals surface area contributed by atoms with E-state index in [1.807, 2.05) is 75.4 Å². The Kier molecular flexibility index (Phi) is 6.70. The molecule has 2 aromatic rings. The monoisotopic (exact) mass is 382 g/mol. The van der Waals surface area contributed by atoms with Gasteiger partial charge >= 0.3 is 0 Å². The van der Waals surface area contributed by atoms with Crippen molar-refractivity contribution in [2.45, 2.75) is 32.4 Å². The molecular weight excluding hydrogens is 352 g/mol. The van der Waals surface area contributed by atoms with Crippen LogP contribution in [0.1, 0.15) is 32.4 Å². The number of carbonyl (C=O) groups is 1. The van der Waals surface area contributed by atoms with Gasteiger partial charge in [0, 0.05) is 26.2 Å². The summed E-state index contributed by atoms with van der Waals surface area (Å²) >= 11 is 0. The number of nitrogens with zero attached hydrogens (tertiary/aromatic N) is 1. The number of hydrogen-bond donors (Lipinski definition) is 1. The summed E-state index contributed by atoms with van der Waals surface area (Å²) in [7, 11) is 0. The lowest BCUT2D eigenvalue weighted by Crippen LogP contribution is -2.52. The molecule has 0 aliphatic carbocycles. The molecule has 1 aliphatic rings. The number of carbonyl (C=O) groups excluding carboxylic acids is 1. The molecule has 1 fully saturated rings. The highest BCUT2D eigenvalue weighted by Crippen LogP contribution is 2.30. The van der Waals surface area contributed by atoms with Gasteiger partial charge < -0.3 is 14.8 Å². The number of rotatable bonds is 8. The van der Waals surface area contributed by atoms with E-state index in [2.05, 4.69) is 10.2 Å². The van der Waals surface area contributed by atoms with E-state index < -0.39 is 5.60 Å². The molecule has 5 nitrogen and oxygen atoms in total. The molecule has 1 saturated heterocycles. The number of ether oxygens (including phenoxy) is 2. The third kappa shape index (κ3) is 4.91. The van der Waals surface area contributed by atoms with Crippen LogP contribution in [0.3, 0.4) is 0 Å². The van der Waals surface area contributed by atoms with Crippen LogP contribution >= 0.6 is 0 Å². The lowest BCUT2D eigenvalue weighted by atomic mass is 9.90. The van der Waals surface area contributed by atoms with E-state index in [9.17, 15) is 4.79 Å². The van der Waals surface area contributed by atoms with Gasteiger partial charge in [0.15, 0.2) is 11.4 Å². The van der Waals surface area contributed by atoms with Gasteiger partial charge in [-0.25, -0.2) is 0 Å². The highest BCUT2D eigenvalue weighted by Gasteiger charge is 2.39. The molecule has 0 amide bonds. The number of piperazine rings is 1. The van der Waals surface area contributed by atoms with Gasteiger partial charge in [0.25, 0.3) is 0 Å². The topological polar surface area (TPSA) is 50.8 Å². The van der Waals surface area contributed by atoms with E-state index in [1.54, 1.807) is 0 Å². The van der Waals surface area contributed by atoms with Gasteiger partial charge in [0.1, 0.15) is 11.5 Å². The number of Topliss-reactive ketones (excluding diaryl/α,β-unsaturated/α-hetero) is 1. The minimum Gasteiger partial charge on any atom is -0.494 e. The number of benzene rings is 2. The highest BCUT2D eigenvalue weighted by atomic mass is 16.5. The molecule has 3 rings (SSSR count). The minimum atomic E-state index is -0.960. The predicted octanol–water partition coefficient (Wildman–Crippen LogP) is 3.46. The molecule has 1 unspecified atom stereocenters. The first-order valence-electron chi connectivity index (χ1n) is 9.97. The highest BCUT2D eigenvalue weighted by molar-refractivity contribution is 5.92. The molecule has 2 aromatic carbocycles. The molecule has 5 heteroatoms. The molecule has 0 aromatic heterocycles. The molecule has 1 aliphatic heterocycles. The molecule has 0 bridgehead atoms. The summed E-state index contributed by atoms with van der Waals surface area (Å²) in [6, 6.07) is 17.1. The lowest BCUT2D eigenvalue weighted by Gasteiger charge is -2.38.